The van der Waals surface area contributed by atoms with Gasteiger partial charge in [0, 0.05) is 11.3 Å². The van der Waals surface area contributed by atoms with E-state index in [9.17, 15) is 4.79 Å². The molecule has 0 amide bonds. The molecule has 0 saturated carbocycles. The van der Waals surface area contributed by atoms with Gasteiger partial charge in [-0.1, -0.05) is 12.7 Å². The standard InChI is InChI=1S/C15H15N3O/c1-3-5-14-13(4-2)17-15(18-14)16-12-8-6-11(10-19)7-9-12/h3-10H,2H2,1H3,(H2,16,17,18)/b5-3-. The van der Waals surface area contributed by atoms with E-state index in [2.05, 4.69) is 21.9 Å². The third-order valence-corrected chi connectivity index (χ3v) is 2.60. The number of aromatic amines is 1. The van der Waals surface area contributed by atoms with Crippen LogP contribution in [-0.4, -0.2) is 16.3 Å². The number of imidazole rings is 1. The second-order valence-corrected chi connectivity index (χ2v) is 3.95. The minimum absolute atomic E-state index is 0.641. The number of allylic oxidation sites excluding steroid dienone is 1. The lowest BCUT2D eigenvalue weighted by molar-refractivity contribution is 0.112. The highest BCUT2D eigenvalue weighted by atomic mass is 16.1. The molecule has 0 radical (unpaired) electrons. The molecule has 1 aromatic carbocycles. The van der Waals surface area contributed by atoms with Gasteiger partial charge in [0.25, 0.3) is 0 Å². The number of benzene rings is 1. The predicted molar refractivity (Wildman–Crippen MR) is 78.5 cm³/mol. The van der Waals surface area contributed by atoms with Gasteiger partial charge in [-0.15, -0.1) is 0 Å². The van der Waals surface area contributed by atoms with Crippen LogP contribution < -0.4 is 5.32 Å². The lowest BCUT2D eigenvalue weighted by Crippen LogP contribution is -1.92. The number of aromatic nitrogens is 2. The molecule has 19 heavy (non-hydrogen) atoms. The molecule has 1 heterocycles. The van der Waals surface area contributed by atoms with E-state index in [0.29, 0.717) is 11.5 Å². The van der Waals surface area contributed by atoms with Crippen LogP contribution in [0, 0.1) is 0 Å². The zero-order chi connectivity index (χ0) is 13.7. The summed E-state index contributed by atoms with van der Waals surface area (Å²) >= 11 is 0. The molecule has 96 valence electrons. The second-order valence-electron chi connectivity index (χ2n) is 3.95. The van der Waals surface area contributed by atoms with Crippen molar-refractivity contribution in [2.45, 2.75) is 6.92 Å². The highest BCUT2D eigenvalue weighted by Crippen LogP contribution is 2.18. The number of nitrogens with zero attached hydrogens (tertiary/aromatic N) is 1. The Hall–Kier alpha value is -2.62. The number of hydrogen-bond acceptors (Lipinski definition) is 3. The fourth-order valence-corrected chi connectivity index (χ4v) is 1.68. The molecule has 1 aromatic heterocycles. The largest absolute Gasteiger partial charge is 0.326 e. The molecule has 0 saturated heterocycles. The maximum Gasteiger partial charge on any atom is 0.205 e. The van der Waals surface area contributed by atoms with Crippen LogP contribution in [-0.2, 0) is 0 Å². The van der Waals surface area contributed by atoms with Gasteiger partial charge in [0.15, 0.2) is 0 Å². The first kappa shape index (κ1) is 12.8. The summed E-state index contributed by atoms with van der Waals surface area (Å²) in [6.45, 7) is 5.68. The van der Waals surface area contributed by atoms with Crippen LogP contribution in [0.5, 0.6) is 0 Å². The highest BCUT2D eigenvalue weighted by molar-refractivity contribution is 5.76. The van der Waals surface area contributed by atoms with Gasteiger partial charge in [0.2, 0.25) is 5.95 Å². The molecule has 0 fully saturated rings. The van der Waals surface area contributed by atoms with Crippen LogP contribution in [0.1, 0.15) is 28.7 Å². The molecular formula is C15H15N3O. The van der Waals surface area contributed by atoms with E-state index < -0.39 is 0 Å². The molecule has 0 aliphatic heterocycles. The molecule has 0 aliphatic rings. The molecule has 2 aromatic rings. The Balaban J connectivity index is 2.22. The zero-order valence-corrected chi connectivity index (χ0v) is 10.7. The van der Waals surface area contributed by atoms with E-state index >= 15 is 0 Å². The third-order valence-electron chi connectivity index (χ3n) is 2.60. The fraction of sp³-hybridized carbons (Fsp3) is 0.0667. The van der Waals surface area contributed by atoms with Crippen molar-refractivity contribution in [1.29, 1.82) is 0 Å². The molecule has 2 N–H and O–H groups in total. The zero-order valence-electron chi connectivity index (χ0n) is 10.7. The lowest BCUT2D eigenvalue weighted by Gasteiger charge is -2.02. The minimum Gasteiger partial charge on any atom is -0.326 e. The van der Waals surface area contributed by atoms with Crippen molar-refractivity contribution in [3.63, 3.8) is 0 Å². The summed E-state index contributed by atoms with van der Waals surface area (Å²) < 4.78 is 0. The Morgan fingerprint density at radius 2 is 2.05 bits per heavy atom. The van der Waals surface area contributed by atoms with Gasteiger partial charge in [-0.05, 0) is 43.3 Å². The van der Waals surface area contributed by atoms with E-state index in [4.69, 9.17) is 0 Å². The lowest BCUT2D eigenvalue weighted by atomic mass is 10.2. The fourth-order valence-electron chi connectivity index (χ4n) is 1.68. The quantitative estimate of drug-likeness (QED) is 0.800. The summed E-state index contributed by atoms with van der Waals surface area (Å²) in [7, 11) is 0. The molecule has 0 aliphatic carbocycles. The molecular weight excluding hydrogens is 238 g/mol. The highest BCUT2D eigenvalue weighted by Gasteiger charge is 2.05. The molecule has 4 nitrogen and oxygen atoms in total. The summed E-state index contributed by atoms with van der Waals surface area (Å²) in [6.07, 6.45) is 6.37. The average molecular weight is 253 g/mol. The van der Waals surface area contributed by atoms with Crippen molar-refractivity contribution in [3.05, 3.63) is 53.9 Å². The van der Waals surface area contributed by atoms with Gasteiger partial charge < -0.3 is 10.3 Å². The number of carbonyl (C=O) groups excluding carboxylic acids is 1. The van der Waals surface area contributed by atoms with Crippen LogP contribution in [0.2, 0.25) is 0 Å². The molecule has 0 bridgehead atoms. The first-order chi connectivity index (χ1) is 9.26. The Morgan fingerprint density at radius 3 is 2.63 bits per heavy atom. The SMILES string of the molecule is C=Cc1[nH]c(Nc2ccc(C=O)cc2)nc1/C=C\C. The molecule has 0 spiro atoms. The van der Waals surface area contributed by atoms with Crippen LogP contribution in [0.25, 0.3) is 12.2 Å². The van der Waals surface area contributed by atoms with Crippen LogP contribution in [0.3, 0.4) is 0 Å². The maximum atomic E-state index is 10.6. The van der Waals surface area contributed by atoms with Crippen molar-refractivity contribution in [1.82, 2.24) is 9.97 Å². The normalized spacial score (nSPS) is 10.6. The first-order valence-electron chi connectivity index (χ1n) is 5.94. The number of nitrogens with one attached hydrogen (secondary N) is 2. The molecule has 4 heteroatoms. The number of anilines is 2. The van der Waals surface area contributed by atoms with Gasteiger partial charge in [-0.25, -0.2) is 4.98 Å². The monoisotopic (exact) mass is 253 g/mol. The van der Waals surface area contributed by atoms with E-state index in [0.717, 1.165) is 23.4 Å². The van der Waals surface area contributed by atoms with Gasteiger partial charge in [-0.2, -0.15) is 0 Å². The predicted octanol–water partition coefficient (Wildman–Crippen LogP) is 3.64. The number of carbonyl (C=O) groups is 1. The Morgan fingerprint density at radius 1 is 1.32 bits per heavy atom. The van der Waals surface area contributed by atoms with Crippen molar-refractivity contribution < 1.29 is 4.79 Å². The van der Waals surface area contributed by atoms with E-state index in [1.165, 1.54) is 0 Å². The van der Waals surface area contributed by atoms with E-state index in [1.807, 2.05) is 31.2 Å². The van der Waals surface area contributed by atoms with Crippen molar-refractivity contribution >= 4 is 30.1 Å². The summed E-state index contributed by atoms with van der Waals surface area (Å²) in [6, 6.07) is 7.16. The minimum atomic E-state index is 0.641. The van der Waals surface area contributed by atoms with E-state index in [-0.39, 0.29) is 0 Å². The van der Waals surface area contributed by atoms with Gasteiger partial charge in [0.1, 0.15) is 6.29 Å². The topological polar surface area (TPSA) is 57.8 Å². The van der Waals surface area contributed by atoms with Crippen LogP contribution in [0.4, 0.5) is 11.6 Å². The molecule has 0 atom stereocenters. The van der Waals surface area contributed by atoms with Gasteiger partial charge in [0.05, 0.1) is 11.4 Å². The third kappa shape index (κ3) is 2.98. The maximum absolute atomic E-state index is 10.6. The van der Waals surface area contributed by atoms with Gasteiger partial charge in [-0.3, -0.25) is 4.79 Å². The average Bonchev–Trinajstić information content (AvgIpc) is 2.82. The first-order valence-corrected chi connectivity index (χ1v) is 5.94. The van der Waals surface area contributed by atoms with Crippen molar-refractivity contribution in [2.24, 2.45) is 0 Å². The smallest absolute Gasteiger partial charge is 0.205 e. The summed E-state index contributed by atoms with van der Waals surface area (Å²) in [5.41, 5.74) is 3.21. The Kier molecular flexibility index (Phi) is 3.93. The number of aldehydes is 1. The number of rotatable bonds is 5. The summed E-state index contributed by atoms with van der Waals surface area (Å²) in [4.78, 5) is 18.1. The van der Waals surface area contributed by atoms with Crippen LogP contribution >= 0.6 is 0 Å². The molecule has 2 rings (SSSR count). The number of hydrogen-bond donors (Lipinski definition) is 2. The number of H-pyrrole nitrogens is 1. The molecule has 0 unspecified atom stereocenters. The van der Waals surface area contributed by atoms with Crippen molar-refractivity contribution in [3.8, 4) is 0 Å². The van der Waals surface area contributed by atoms with E-state index in [1.54, 1.807) is 18.2 Å². The Bertz CT molecular complexity index is 609. The Labute approximate surface area is 111 Å². The second kappa shape index (κ2) is 5.82. The summed E-state index contributed by atoms with van der Waals surface area (Å²) in [5.74, 6) is 0.641. The summed E-state index contributed by atoms with van der Waals surface area (Å²) in [5, 5.41) is 3.14. The van der Waals surface area contributed by atoms with Gasteiger partial charge >= 0.3 is 0 Å². The van der Waals surface area contributed by atoms with Crippen LogP contribution in [0.15, 0.2) is 36.9 Å². The van der Waals surface area contributed by atoms with Crippen molar-refractivity contribution in [2.75, 3.05) is 5.32 Å².